The van der Waals surface area contributed by atoms with E-state index in [4.69, 9.17) is 0 Å². The molecule has 3 aromatic rings. The SMILES string of the molecule is O=C(c1cn(CC2CC(F)CN2C(=O)c2cccc3[nH]ccc23)nn1)N1CCCC1. The molecule has 2 aliphatic heterocycles. The van der Waals surface area contributed by atoms with Gasteiger partial charge in [0.2, 0.25) is 0 Å². The van der Waals surface area contributed by atoms with Crippen molar-refractivity contribution in [2.75, 3.05) is 19.6 Å². The van der Waals surface area contributed by atoms with Crippen LogP contribution in [0.25, 0.3) is 10.9 Å². The first kappa shape index (κ1) is 18.8. The molecule has 1 N–H and O–H groups in total. The number of alkyl halides is 1. The van der Waals surface area contributed by atoms with Gasteiger partial charge in [-0.1, -0.05) is 11.3 Å². The highest BCUT2D eigenvalue weighted by Gasteiger charge is 2.37. The van der Waals surface area contributed by atoms with Crippen molar-refractivity contribution >= 4 is 22.7 Å². The van der Waals surface area contributed by atoms with Crippen LogP contribution in [0.2, 0.25) is 0 Å². The van der Waals surface area contributed by atoms with Crippen LogP contribution in [0, 0.1) is 0 Å². The molecule has 4 heterocycles. The molecule has 30 heavy (non-hydrogen) atoms. The van der Waals surface area contributed by atoms with Gasteiger partial charge in [-0.25, -0.2) is 9.07 Å². The van der Waals surface area contributed by atoms with Gasteiger partial charge in [-0.05, 0) is 31.0 Å². The minimum atomic E-state index is -1.08. The summed E-state index contributed by atoms with van der Waals surface area (Å²) in [5.74, 6) is -0.320. The van der Waals surface area contributed by atoms with Crippen molar-refractivity contribution in [2.24, 2.45) is 0 Å². The summed E-state index contributed by atoms with van der Waals surface area (Å²) in [5, 5.41) is 8.89. The van der Waals surface area contributed by atoms with Crippen LogP contribution >= 0.6 is 0 Å². The van der Waals surface area contributed by atoms with E-state index >= 15 is 0 Å². The minimum absolute atomic E-state index is 0.0541. The average Bonchev–Trinajstić information content (AvgIpc) is 3.53. The van der Waals surface area contributed by atoms with Crippen molar-refractivity contribution in [2.45, 2.75) is 38.0 Å². The first-order chi connectivity index (χ1) is 14.6. The van der Waals surface area contributed by atoms with Crippen LogP contribution in [0.3, 0.4) is 0 Å². The summed E-state index contributed by atoms with van der Waals surface area (Å²) in [6, 6.07) is 6.99. The minimum Gasteiger partial charge on any atom is -0.361 e. The van der Waals surface area contributed by atoms with E-state index in [1.807, 2.05) is 18.2 Å². The predicted octanol–water partition coefficient (Wildman–Crippen LogP) is 2.25. The number of likely N-dealkylation sites (tertiary alicyclic amines) is 2. The summed E-state index contributed by atoms with van der Waals surface area (Å²) >= 11 is 0. The molecule has 0 aliphatic carbocycles. The molecule has 0 radical (unpaired) electrons. The van der Waals surface area contributed by atoms with E-state index in [0.717, 1.165) is 36.8 Å². The molecule has 0 saturated carbocycles. The summed E-state index contributed by atoms with van der Waals surface area (Å²) in [5.41, 5.74) is 1.72. The molecular formula is C21H23FN6O2. The third-order valence-electron chi connectivity index (χ3n) is 6.00. The number of aromatic amines is 1. The molecule has 1 aromatic carbocycles. The fourth-order valence-electron chi connectivity index (χ4n) is 4.49. The largest absolute Gasteiger partial charge is 0.361 e. The Balaban J connectivity index is 1.34. The van der Waals surface area contributed by atoms with Crippen LogP contribution in [-0.4, -0.2) is 73.4 Å². The number of hydrogen-bond donors (Lipinski definition) is 1. The molecule has 2 atom stereocenters. The number of carbonyl (C=O) groups is 2. The van der Waals surface area contributed by atoms with Crippen LogP contribution in [-0.2, 0) is 6.54 Å². The van der Waals surface area contributed by atoms with E-state index in [1.165, 1.54) is 0 Å². The summed E-state index contributed by atoms with van der Waals surface area (Å²) in [6.07, 6.45) is 4.55. The third-order valence-corrected chi connectivity index (χ3v) is 6.00. The fraction of sp³-hybridized carbons (Fsp3) is 0.429. The molecule has 0 bridgehead atoms. The van der Waals surface area contributed by atoms with Crippen LogP contribution in [0.15, 0.2) is 36.7 Å². The molecule has 9 heteroatoms. The molecule has 2 fully saturated rings. The highest BCUT2D eigenvalue weighted by molar-refractivity contribution is 6.06. The highest BCUT2D eigenvalue weighted by Crippen LogP contribution is 2.27. The van der Waals surface area contributed by atoms with Crippen molar-refractivity contribution in [1.29, 1.82) is 0 Å². The lowest BCUT2D eigenvalue weighted by Crippen LogP contribution is -2.38. The Hall–Kier alpha value is -3.23. The number of fused-ring (bicyclic) bond motifs is 1. The van der Waals surface area contributed by atoms with Gasteiger partial charge in [0, 0.05) is 42.2 Å². The Kier molecular flexibility index (Phi) is 4.72. The molecule has 2 saturated heterocycles. The fourth-order valence-corrected chi connectivity index (χ4v) is 4.49. The maximum Gasteiger partial charge on any atom is 0.276 e. The highest BCUT2D eigenvalue weighted by atomic mass is 19.1. The topological polar surface area (TPSA) is 87.1 Å². The van der Waals surface area contributed by atoms with Gasteiger partial charge in [-0.3, -0.25) is 9.59 Å². The lowest BCUT2D eigenvalue weighted by molar-refractivity contribution is 0.0715. The zero-order valence-corrected chi connectivity index (χ0v) is 16.5. The first-order valence-electron chi connectivity index (χ1n) is 10.3. The molecule has 2 unspecified atom stereocenters. The van der Waals surface area contributed by atoms with Gasteiger partial charge in [0.25, 0.3) is 11.8 Å². The number of aromatic nitrogens is 4. The van der Waals surface area contributed by atoms with Crippen LogP contribution < -0.4 is 0 Å². The van der Waals surface area contributed by atoms with Gasteiger partial charge < -0.3 is 14.8 Å². The summed E-state index contributed by atoms with van der Waals surface area (Å²) in [6.45, 7) is 1.84. The Morgan fingerprint density at radius 1 is 1.17 bits per heavy atom. The van der Waals surface area contributed by atoms with E-state index in [0.29, 0.717) is 17.8 Å². The lowest BCUT2D eigenvalue weighted by Gasteiger charge is -2.24. The number of rotatable bonds is 4. The predicted molar refractivity (Wildman–Crippen MR) is 108 cm³/mol. The summed E-state index contributed by atoms with van der Waals surface area (Å²) in [4.78, 5) is 32.2. The van der Waals surface area contributed by atoms with Crippen molar-refractivity contribution in [1.82, 2.24) is 29.8 Å². The van der Waals surface area contributed by atoms with Gasteiger partial charge in [0.15, 0.2) is 5.69 Å². The molecule has 156 valence electrons. The molecule has 0 spiro atoms. The van der Waals surface area contributed by atoms with Crippen molar-refractivity contribution in [3.63, 3.8) is 0 Å². The molecular weight excluding hydrogens is 387 g/mol. The summed E-state index contributed by atoms with van der Waals surface area (Å²) in [7, 11) is 0. The number of H-pyrrole nitrogens is 1. The Morgan fingerprint density at radius 2 is 2.00 bits per heavy atom. The van der Waals surface area contributed by atoms with E-state index in [2.05, 4.69) is 15.3 Å². The number of amides is 2. The molecule has 2 amide bonds. The van der Waals surface area contributed by atoms with E-state index < -0.39 is 6.17 Å². The molecule has 5 rings (SSSR count). The van der Waals surface area contributed by atoms with Crippen molar-refractivity contribution in [3.05, 3.63) is 47.9 Å². The van der Waals surface area contributed by atoms with Crippen LogP contribution in [0.5, 0.6) is 0 Å². The van der Waals surface area contributed by atoms with E-state index in [-0.39, 0.29) is 30.8 Å². The number of halogens is 1. The first-order valence-corrected chi connectivity index (χ1v) is 10.3. The van der Waals surface area contributed by atoms with Crippen molar-refractivity contribution < 1.29 is 14.0 Å². The number of benzene rings is 1. The summed E-state index contributed by atoms with van der Waals surface area (Å²) < 4.78 is 15.8. The maximum absolute atomic E-state index is 14.3. The maximum atomic E-state index is 14.3. The third kappa shape index (κ3) is 3.34. The number of hydrogen-bond acceptors (Lipinski definition) is 4. The number of nitrogens with one attached hydrogen (secondary N) is 1. The second-order valence-electron chi connectivity index (χ2n) is 8.01. The Morgan fingerprint density at radius 3 is 2.83 bits per heavy atom. The second kappa shape index (κ2) is 7.55. The van der Waals surface area contributed by atoms with E-state index in [9.17, 15) is 14.0 Å². The van der Waals surface area contributed by atoms with Gasteiger partial charge in [-0.15, -0.1) is 5.10 Å². The number of nitrogens with zero attached hydrogens (tertiary/aromatic N) is 5. The monoisotopic (exact) mass is 410 g/mol. The quantitative estimate of drug-likeness (QED) is 0.715. The second-order valence-corrected chi connectivity index (χ2v) is 8.01. The van der Waals surface area contributed by atoms with Crippen molar-refractivity contribution in [3.8, 4) is 0 Å². The van der Waals surface area contributed by atoms with Crippen LogP contribution in [0.1, 0.15) is 40.1 Å². The van der Waals surface area contributed by atoms with Gasteiger partial charge in [0.05, 0.1) is 25.3 Å². The zero-order chi connectivity index (χ0) is 20.7. The van der Waals surface area contributed by atoms with E-state index in [1.54, 1.807) is 32.9 Å². The van der Waals surface area contributed by atoms with Gasteiger partial charge in [-0.2, -0.15) is 0 Å². The zero-order valence-electron chi connectivity index (χ0n) is 16.5. The standard InChI is InChI=1S/C21H23FN6O2/c22-14-10-15(12-27-13-19(24-25-27)21(30)26-8-1-2-9-26)28(11-14)20(29)17-4-3-5-18-16(17)6-7-23-18/h3-7,13-15,23H,1-2,8-12H2. The normalized spacial score (nSPS) is 21.6. The average molecular weight is 410 g/mol. The molecule has 2 aliphatic rings. The van der Waals surface area contributed by atoms with Gasteiger partial charge in [0.1, 0.15) is 6.17 Å². The van der Waals surface area contributed by atoms with Crippen LogP contribution in [0.4, 0.5) is 4.39 Å². The van der Waals surface area contributed by atoms with Gasteiger partial charge >= 0.3 is 0 Å². The smallest absolute Gasteiger partial charge is 0.276 e. The Labute approximate surface area is 172 Å². The lowest BCUT2D eigenvalue weighted by atomic mass is 10.1. The Bertz CT molecular complexity index is 1090. The molecule has 8 nitrogen and oxygen atoms in total. The number of carbonyl (C=O) groups excluding carboxylic acids is 2. The molecule has 2 aromatic heterocycles.